The number of carbonyl (C=O) groups is 2. The van der Waals surface area contributed by atoms with Crippen LogP contribution in [0, 0.1) is 5.92 Å². The fourth-order valence-corrected chi connectivity index (χ4v) is 4.11. The fourth-order valence-electron chi connectivity index (χ4n) is 4.11. The number of ether oxygens (including phenoxy) is 1. The van der Waals surface area contributed by atoms with Crippen LogP contribution in [-0.4, -0.2) is 42.9 Å². The topological polar surface area (TPSA) is 46.6 Å². The van der Waals surface area contributed by atoms with Gasteiger partial charge in [-0.15, -0.1) is 0 Å². The van der Waals surface area contributed by atoms with Crippen molar-refractivity contribution in [1.29, 1.82) is 0 Å². The molecule has 1 heterocycles. The van der Waals surface area contributed by atoms with Crippen LogP contribution in [0.5, 0.6) is 0 Å². The molecule has 4 heteroatoms. The van der Waals surface area contributed by atoms with Crippen LogP contribution >= 0.6 is 0 Å². The summed E-state index contributed by atoms with van der Waals surface area (Å²) in [4.78, 5) is 24.8. The largest absolute Gasteiger partial charge is 0.464 e. The van der Waals surface area contributed by atoms with E-state index in [0.29, 0.717) is 18.4 Å². The summed E-state index contributed by atoms with van der Waals surface area (Å²) in [6.07, 6.45) is 2.11. The van der Waals surface area contributed by atoms with Gasteiger partial charge in [0.1, 0.15) is 18.8 Å². The van der Waals surface area contributed by atoms with E-state index in [1.54, 1.807) is 0 Å². The molecular weight excluding hydrogens is 350 g/mol. The highest BCUT2D eigenvalue weighted by molar-refractivity contribution is 5.94. The molecule has 1 aliphatic rings. The number of nitrogens with zero attached hydrogens (tertiary/aromatic N) is 1. The Morgan fingerprint density at radius 3 is 2.00 bits per heavy atom. The molecule has 2 aromatic carbocycles. The Kier molecular flexibility index (Phi) is 7.38. The lowest BCUT2D eigenvalue weighted by Crippen LogP contribution is -2.38. The summed E-state index contributed by atoms with van der Waals surface area (Å²) in [6.45, 7) is 4.51. The van der Waals surface area contributed by atoms with E-state index in [1.165, 1.54) is 18.1 Å². The van der Waals surface area contributed by atoms with Crippen molar-refractivity contribution in [2.45, 2.75) is 32.1 Å². The van der Waals surface area contributed by atoms with E-state index in [2.05, 4.69) is 65.6 Å². The molecule has 0 bridgehead atoms. The molecule has 0 N–H and O–H groups in total. The van der Waals surface area contributed by atoms with Crippen LogP contribution < -0.4 is 0 Å². The Labute approximate surface area is 167 Å². The van der Waals surface area contributed by atoms with Gasteiger partial charge in [0.25, 0.3) is 0 Å². The van der Waals surface area contributed by atoms with Crippen molar-refractivity contribution in [2.24, 2.45) is 5.92 Å². The van der Waals surface area contributed by atoms with Crippen LogP contribution in [0.15, 0.2) is 60.7 Å². The third-order valence-electron chi connectivity index (χ3n) is 5.48. The highest BCUT2D eigenvalue weighted by atomic mass is 16.5. The van der Waals surface area contributed by atoms with Gasteiger partial charge in [0, 0.05) is 12.5 Å². The predicted octanol–water partition coefficient (Wildman–Crippen LogP) is 4.05. The van der Waals surface area contributed by atoms with Crippen molar-refractivity contribution < 1.29 is 14.3 Å². The van der Waals surface area contributed by atoms with Crippen LogP contribution in [-0.2, 0) is 14.3 Å². The van der Waals surface area contributed by atoms with Crippen molar-refractivity contribution in [3.05, 3.63) is 71.8 Å². The van der Waals surface area contributed by atoms with E-state index in [1.807, 2.05) is 0 Å². The second-order valence-corrected chi connectivity index (χ2v) is 7.58. The smallest absolute Gasteiger partial charge is 0.313 e. The molecule has 0 atom stereocenters. The van der Waals surface area contributed by atoms with Crippen molar-refractivity contribution in [3.63, 3.8) is 0 Å². The monoisotopic (exact) mass is 379 g/mol. The fraction of sp³-hybridized carbons (Fsp3) is 0.417. The summed E-state index contributed by atoms with van der Waals surface area (Å²) in [5.41, 5.74) is 2.76. The third kappa shape index (κ3) is 5.77. The molecule has 0 radical (unpaired) electrons. The first kappa shape index (κ1) is 20.3. The van der Waals surface area contributed by atoms with Crippen molar-refractivity contribution in [3.8, 4) is 0 Å². The Hall–Kier alpha value is -2.46. The number of hydrogen-bond acceptors (Lipinski definition) is 4. The van der Waals surface area contributed by atoms with E-state index < -0.39 is 5.97 Å². The van der Waals surface area contributed by atoms with Crippen LogP contribution in [0.2, 0.25) is 0 Å². The summed E-state index contributed by atoms with van der Waals surface area (Å²) in [7, 11) is 0. The Morgan fingerprint density at radius 1 is 0.964 bits per heavy atom. The molecule has 0 unspecified atom stereocenters. The van der Waals surface area contributed by atoms with Crippen molar-refractivity contribution in [1.82, 2.24) is 4.90 Å². The molecule has 3 rings (SSSR count). The molecule has 0 amide bonds. The standard InChI is InChI=1S/C24H29NO3/c1-19(26)18-23(27)28-17-16-25-14-12-22(13-15-25)24(20-8-4-2-5-9-20)21-10-6-3-7-11-21/h2-11,22,24H,12-18H2,1H3. The summed E-state index contributed by atoms with van der Waals surface area (Å²) in [6, 6.07) is 21.6. The third-order valence-corrected chi connectivity index (χ3v) is 5.48. The van der Waals surface area contributed by atoms with Crippen LogP contribution in [0.4, 0.5) is 0 Å². The van der Waals surface area contributed by atoms with Gasteiger partial charge in [-0.1, -0.05) is 60.7 Å². The van der Waals surface area contributed by atoms with Crippen molar-refractivity contribution >= 4 is 11.8 Å². The van der Waals surface area contributed by atoms with Crippen LogP contribution in [0.1, 0.15) is 43.2 Å². The van der Waals surface area contributed by atoms with Gasteiger partial charge in [0.15, 0.2) is 0 Å². The summed E-state index contributed by atoms with van der Waals surface area (Å²) >= 11 is 0. The molecule has 2 aromatic rings. The summed E-state index contributed by atoms with van der Waals surface area (Å²) < 4.78 is 5.17. The quantitative estimate of drug-likeness (QED) is 0.513. The Balaban J connectivity index is 1.56. The van der Waals surface area contributed by atoms with E-state index in [-0.39, 0.29) is 12.2 Å². The highest BCUT2D eigenvalue weighted by Gasteiger charge is 2.28. The molecule has 0 aromatic heterocycles. The Bertz CT molecular complexity index is 712. The molecule has 1 aliphatic heterocycles. The van der Waals surface area contributed by atoms with E-state index in [9.17, 15) is 9.59 Å². The lowest BCUT2D eigenvalue weighted by molar-refractivity contribution is -0.146. The van der Waals surface area contributed by atoms with Gasteiger partial charge in [-0.25, -0.2) is 0 Å². The lowest BCUT2D eigenvalue weighted by atomic mass is 9.76. The SMILES string of the molecule is CC(=O)CC(=O)OCCN1CCC(C(c2ccccc2)c2ccccc2)CC1. The number of hydrogen-bond donors (Lipinski definition) is 0. The average molecular weight is 380 g/mol. The summed E-state index contributed by atoms with van der Waals surface area (Å²) in [5.74, 6) is 0.438. The normalized spacial score (nSPS) is 15.5. The minimum atomic E-state index is -0.421. The van der Waals surface area contributed by atoms with Gasteiger partial charge in [-0.05, 0) is 49.9 Å². The van der Waals surface area contributed by atoms with E-state index in [4.69, 9.17) is 4.74 Å². The molecule has 0 aliphatic carbocycles. The maximum atomic E-state index is 11.5. The number of Topliss-reactive ketones (excluding diaryl/α,β-unsaturated/α-hetero) is 1. The maximum Gasteiger partial charge on any atom is 0.313 e. The van der Waals surface area contributed by atoms with Crippen LogP contribution in [0.25, 0.3) is 0 Å². The molecule has 1 saturated heterocycles. The number of benzene rings is 2. The van der Waals surface area contributed by atoms with Gasteiger partial charge < -0.3 is 4.74 Å². The summed E-state index contributed by atoms with van der Waals surface area (Å²) in [5, 5.41) is 0. The second kappa shape index (κ2) is 10.2. The highest BCUT2D eigenvalue weighted by Crippen LogP contribution is 2.37. The van der Waals surface area contributed by atoms with E-state index in [0.717, 1.165) is 32.5 Å². The van der Waals surface area contributed by atoms with Gasteiger partial charge in [-0.2, -0.15) is 0 Å². The zero-order valence-electron chi connectivity index (χ0n) is 16.5. The molecular formula is C24H29NO3. The number of piperidine rings is 1. The minimum Gasteiger partial charge on any atom is -0.464 e. The first-order chi connectivity index (χ1) is 13.6. The zero-order chi connectivity index (χ0) is 19.8. The molecule has 148 valence electrons. The predicted molar refractivity (Wildman–Crippen MR) is 110 cm³/mol. The number of rotatable bonds is 8. The Morgan fingerprint density at radius 2 is 1.50 bits per heavy atom. The van der Waals surface area contributed by atoms with Gasteiger partial charge >= 0.3 is 5.97 Å². The molecule has 0 spiro atoms. The number of ketones is 1. The molecule has 1 fully saturated rings. The maximum absolute atomic E-state index is 11.5. The lowest BCUT2D eigenvalue weighted by Gasteiger charge is -2.36. The second-order valence-electron chi connectivity index (χ2n) is 7.58. The first-order valence-electron chi connectivity index (χ1n) is 10.1. The van der Waals surface area contributed by atoms with E-state index >= 15 is 0 Å². The number of likely N-dealkylation sites (tertiary alicyclic amines) is 1. The van der Waals surface area contributed by atoms with Gasteiger partial charge in [0.05, 0.1) is 0 Å². The first-order valence-corrected chi connectivity index (χ1v) is 10.1. The zero-order valence-corrected chi connectivity index (χ0v) is 16.5. The van der Waals surface area contributed by atoms with Gasteiger partial charge in [-0.3, -0.25) is 14.5 Å². The van der Waals surface area contributed by atoms with Crippen LogP contribution in [0.3, 0.4) is 0 Å². The van der Waals surface area contributed by atoms with Gasteiger partial charge in [0.2, 0.25) is 0 Å². The number of esters is 1. The number of carbonyl (C=O) groups excluding carboxylic acids is 2. The molecule has 4 nitrogen and oxygen atoms in total. The molecule has 28 heavy (non-hydrogen) atoms. The minimum absolute atomic E-state index is 0.127. The van der Waals surface area contributed by atoms with Crippen molar-refractivity contribution in [2.75, 3.05) is 26.2 Å². The molecule has 0 saturated carbocycles. The average Bonchev–Trinajstić information content (AvgIpc) is 2.70.